The van der Waals surface area contributed by atoms with Crippen LogP contribution in [0.4, 0.5) is 13.9 Å². The van der Waals surface area contributed by atoms with E-state index in [0.717, 1.165) is 22.3 Å². The largest absolute Gasteiger partial charge is 0.352 e. The van der Waals surface area contributed by atoms with Gasteiger partial charge in [-0.2, -0.15) is 5.10 Å². The van der Waals surface area contributed by atoms with E-state index in [4.69, 9.17) is 0 Å². The maximum Gasteiger partial charge on any atom is 0.259 e. The van der Waals surface area contributed by atoms with Crippen LogP contribution in [0.5, 0.6) is 0 Å². The number of nitrogens with zero attached hydrogens (tertiary/aromatic N) is 2. The van der Waals surface area contributed by atoms with Crippen molar-refractivity contribution in [3.05, 3.63) is 59.7 Å². The van der Waals surface area contributed by atoms with Crippen molar-refractivity contribution in [1.82, 2.24) is 10.4 Å². The highest BCUT2D eigenvalue weighted by atomic mass is 32.1. The molecule has 0 spiro atoms. The van der Waals surface area contributed by atoms with Crippen LogP contribution < -0.4 is 10.7 Å². The van der Waals surface area contributed by atoms with Gasteiger partial charge in [-0.25, -0.2) is 19.2 Å². The van der Waals surface area contributed by atoms with E-state index in [9.17, 15) is 13.6 Å². The quantitative estimate of drug-likeness (QED) is 0.540. The first-order valence-electron chi connectivity index (χ1n) is 7.41. The van der Waals surface area contributed by atoms with Crippen molar-refractivity contribution in [3.8, 4) is 0 Å². The average Bonchev–Trinajstić information content (AvgIpc) is 3.01. The number of aromatic nitrogens is 1. The zero-order valence-corrected chi connectivity index (χ0v) is 14.0. The number of benzene rings is 2. The van der Waals surface area contributed by atoms with E-state index in [1.807, 2.05) is 24.3 Å². The molecule has 0 unspecified atom stereocenters. The van der Waals surface area contributed by atoms with E-state index < -0.39 is 17.5 Å². The maximum absolute atomic E-state index is 13.6. The van der Waals surface area contributed by atoms with Crippen molar-refractivity contribution < 1.29 is 13.6 Å². The molecule has 128 valence electrons. The number of carbonyl (C=O) groups is 1. The Balaban J connectivity index is 1.60. The highest BCUT2D eigenvalue weighted by molar-refractivity contribution is 7.22. The van der Waals surface area contributed by atoms with Gasteiger partial charge in [-0.05, 0) is 31.2 Å². The summed E-state index contributed by atoms with van der Waals surface area (Å²) < 4.78 is 28.3. The van der Waals surface area contributed by atoms with Crippen LogP contribution in [0.15, 0.2) is 47.6 Å². The van der Waals surface area contributed by atoms with Crippen molar-refractivity contribution in [3.63, 3.8) is 0 Å². The highest BCUT2D eigenvalue weighted by Crippen LogP contribution is 2.24. The van der Waals surface area contributed by atoms with E-state index in [1.165, 1.54) is 24.3 Å². The Hall–Kier alpha value is -2.87. The van der Waals surface area contributed by atoms with Gasteiger partial charge in [0.25, 0.3) is 5.91 Å². The fraction of sp³-hybridized carbons (Fsp3) is 0.118. The van der Waals surface area contributed by atoms with Gasteiger partial charge in [0.15, 0.2) is 5.13 Å². The Morgan fingerprint density at radius 3 is 2.60 bits per heavy atom. The molecule has 1 aromatic heterocycles. The summed E-state index contributed by atoms with van der Waals surface area (Å²) in [5.41, 5.74) is 2.90. The summed E-state index contributed by atoms with van der Waals surface area (Å²) in [6, 6.07) is 11.2. The molecule has 0 saturated heterocycles. The Morgan fingerprint density at radius 2 is 1.88 bits per heavy atom. The number of nitrogens with one attached hydrogen (secondary N) is 2. The number of thiazole rings is 1. The van der Waals surface area contributed by atoms with Gasteiger partial charge in [-0.1, -0.05) is 29.5 Å². The van der Waals surface area contributed by atoms with Crippen LogP contribution in [-0.4, -0.2) is 23.1 Å². The van der Waals surface area contributed by atoms with Gasteiger partial charge in [0, 0.05) is 0 Å². The Labute approximate surface area is 146 Å². The average molecular weight is 360 g/mol. The molecule has 0 aliphatic rings. The molecule has 8 heteroatoms. The van der Waals surface area contributed by atoms with Crippen molar-refractivity contribution >= 4 is 38.3 Å². The van der Waals surface area contributed by atoms with Gasteiger partial charge in [0.1, 0.15) is 11.6 Å². The van der Waals surface area contributed by atoms with Crippen LogP contribution in [0.1, 0.15) is 12.5 Å². The minimum atomic E-state index is -0.733. The lowest BCUT2D eigenvalue weighted by Gasteiger charge is -2.05. The molecule has 1 heterocycles. The number of rotatable bonds is 5. The highest BCUT2D eigenvalue weighted by Gasteiger charge is 2.12. The first kappa shape index (κ1) is 17.0. The van der Waals surface area contributed by atoms with E-state index in [-0.39, 0.29) is 17.8 Å². The monoisotopic (exact) mass is 360 g/mol. The van der Waals surface area contributed by atoms with E-state index in [0.29, 0.717) is 5.13 Å². The summed E-state index contributed by atoms with van der Waals surface area (Å²) in [5, 5.41) is 7.26. The van der Waals surface area contributed by atoms with Crippen LogP contribution >= 0.6 is 11.3 Å². The van der Waals surface area contributed by atoms with E-state index in [1.54, 1.807) is 0 Å². The van der Waals surface area contributed by atoms with E-state index in [2.05, 4.69) is 20.8 Å². The lowest BCUT2D eigenvalue weighted by atomic mass is 10.1. The van der Waals surface area contributed by atoms with Gasteiger partial charge < -0.3 is 5.32 Å². The molecule has 0 radical (unpaired) electrons. The molecule has 2 aromatic carbocycles. The normalized spacial score (nSPS) is 11.6. The number of halogens is 2. The second-order valence-electron chi connectivity index (χ2n) is 5.17. The van der Waals surface area contributed by atoms with Crippen LogP contribution in [0, 0.1) is 11.6 Å². The summed E-state index contributed by atoms with van der Waals surface area (Å²) in [4.78, 5) is 16.2. The molecule has 0 aliphatic heterocycles. The number of carbonyl (C=O) groups excluding carboxylic acids is 1. The minimum Gasteiger partial charge on any atom is -0.352 e. The second-order valence-corrected chi connectivity index (χ2v) is 6.20. The topological polar surface area (TPSA) is 66.4 Å². The summed E-state index contributed by atoms with van der Waals surface area (Å²) in [5.74, 6) is -1.92. The van der Waals surface area contributed by atoms with Gasteiger partial charge in [0.05, 0.1) is 28.0 Å². The van der Waals surface area contributed by atoms with Crippen molar-refractivity contribution in [1.29, 1.82) is 0 Å². The molecule has 0 aliphatic carbocycles. The van der Waals surface area contributed by atoms with Gasteiger partial charge in [0.2, 0.25) is 0 Å². The third-order valence-corrected chi connectivity index (χ3v) is 4.36. The molecule has 0 atom stereocenters. The van der Waals surface area contributed by atoms with Crippen molar-refractivity contribution in [2.24, 2.45) is 5.10 Å². The summed E-state index contributed by atoms with van der Waals surface area (Å²) in [6.07, 6.45) is 0. The Morgan fingerprint density at radius 1 is 1.16 bits per heavy atom. The fourth-order valence-corrected chi connectivity index (χ4v) is 3.05. The number of hydrogen-bond acceptors (Lipinski definition) is 5. The SMILES string of the molecule is C/C(=N/NC(=O)CNc1nc2ccccc2s1)c1c(F)cccc1F. The zero-order chi connectivity index (χ0) is 17.8. The summed E-state index contributed by atoms with van der Waals surface area (Å²) >= 11 is 1.43. The molecule has 3 aromatic rings. The van der Waals surface area contributed by atoms with Crippen molar-refractivity contribution in [2.75, 3.05) is 11.9 Å². The van der Waals surface area contributed by atoms with Gasteiger partial charge in [-0.3, -0.25) is 4.79 Å². The predicted octanol–water partition coefficient (Wildman–Crippen LogP) is 3.53. The van der Waals surface area contributed by atoms with Crippen LogP contribution in [0.25, 0.3) is 10.2 Å². The lowest BCUT2D eigenvalue weighted by Crippen LogP contribution is -2.27. The predicted molar refractivity (Wildman–Crippen MR) is 94.8 cm³/mol. The fourth-order valence-electron chi connectivity index (χ4n) is 2.19. The molecule has 2 N–H and O–H groups in total. The lowest BCUT2D eigenvalue weighted by molar-refractivity contribution is -0.119. The molecular formula is C17H14F2N4OS. The smallest absolute Gasteiger partial charge is 0.259 e. The van der Waals surface area contributed by atoms with Crippen LogP contribution in [0.3, 0.4) is 0 Å². The number of fused-ring (bicyclic) bond motifs is 1. The number of amides is 1. The Bertz CT molecular complexity index is 901. The molecule has 0 fully saturated rings. The van der Waals surface area contributed by atoms with Crippen LogP contribution in [0.2, 0.25) is 0 Å². The van der Waals surface area contributed by atoms with Gasteiger partial charge in [-0.15, -0.1) is 0 Å². The number of anilines is 1. The summed E-state index contributed by atoms with van der Waals surface area (Å²) in [6.45, 7) is 1.36. The standard InChI is InChI=1S/C17H14F2N4OS/c1-10(16-11(18)5-4-6-12(16)19)22-23-15(24)9-20-17-21-13-7-2-3-8-14(13)25-17/h2-8H,9H2,1H3,(H,20,21)(H,23,24)/b22-10-. The molecule has 0 saturated carbocycles. The third kappa shape index (κ3) is 3.97. The molecule has 3 rings (SSSR count). The third-order valence-electron chi connectivity index (χ3n) is 3.37. The zero-order valence-electron chi connectivity index (χ0n) is 13.2. The summed E-state index contributed by atoms with van der Waals surface area (Å²) in [7, 11) is 0. The molecule has 1 amide bonds. The second kappa shape index (κ2) is 7.35. The molecule has 5 nitrogen and oxygen atoms in total. The van der Waals surface area contributed by atoms with E-state index >= 15 is 0 Å². The molecule has 0 bridgehead atoms. The Kier molecular flexibility index (Phi) is 4.99. The van der Waals surface area contributed by atoms with Crippen LogP contribution in [-0.2, 0) is 4.79 Å². The maximum atomic E-state index is 13.6. The van der Waals surface area contributed by atoms with Gasteiger partial charge >= 0.3 is 0 Å². The first-order chi connectivity index (χ1) is 12.0. The van der Waals surface area contributed by atoms with Crippen molar-refractivity contribution in [2.45, 2.75) is 6.92 Å². The molecular weight excluding hydrogens is 346 g/mol. The molecule has 25 heavy (non-hydrogen) atoms. The first-order valence-corrected chi connectivity index (χ1v) is 8.23. The minimum absolute atomic E-state index is 0.0453. The number of hydrazone groups is 1. The number of para-hydroxylation sites is 1. The number of hydrogen-bond donors (Lipinski definition) is 2.